The fraction of sp³-hybridized carbons (Fsp3) is 0.304. The molecule has 3 aliphatic rings. The van der Waals surface area contributed by atoms with E-state index in [2.05, 4.69) is 5.16 Å². The van der Waals surface area contributed by atoms with Crippen molar-refractivity contribution in [1.82, 2.24) is 5.16 Å². The van der Waals surface area contributed by atoms with E-state index in [1.165, 1.54) is 6.07 Å². The van der Waals surface area contributed by atoms with Gasteiger partial charge in [-0.3, -0.25) is 14.4 Å². The number of aromatic nitrogens is 1. The highest BCUT2D eigenvalue weighted by Gasteiger charge is 2.63. The summed E-state index contributed by atoms with van der Waals surface area (Å²) in [6, 6.07) is 3.11. The molecule has 11 nitrogen and oxygen atoms in total. The molecule has 176 valence electrons. The zero-order valence-corrected chi connectivity index (χ0v) is 17.9. The van der Waals surface area contributed by atoms with Crippen molar-refractivity contribution in [2.45, 2.75) is 31.4 Å². The summed E-state index contributed by atoms with van der Waals surface area (Å²) in [6.07, 6.45) is 0.0548. The molecule has 0 spiro atoms. The van der Waals surface area contributed by atoms with Crippen LogP contribution in [0.5, 0.6) is 5.75 Å². The third kappa shape index (κ3) is 2.65. The zero-order valence-electron chi connectivity index (χ0n) is 17.9. The maximum Gasteiger partial charge on any atom is 0.255 e. The predicted octanol–water partition coefficient (Wildman–Crippen LogP) is 0.325. The minimum atomic E-state index is -2.73. The Morgan fingerprint density at radius 2 is 1.94 bits per heavy atom. The van der Waals surface area contributed by atoms with Crippen molar-refractivity contribution in [1.29, 1.82) is 0 Å². The minimum absolute atomic E-state index is 0.0250. The molecule has 0 bridgehead atoms. The number of benzene rings is 1. The average Bonchev–Trinajstić information content (AvgIpc) is 3.20. The first kappa shape index (κ1) is 21.9. The van der Waals surface area contributed by atoms with Crippen LogP contribution in [0.1, 0.15) is 23.2 Å². The van der Waals surface area contributed by atoms with E-state index >= 15 is 0 Å². The summed E-state index contributed by atoms with van der Waals surface area (Å²) in [5, 5.41) is 47.5. The van der Waals surface area contributed by atoms with Gasteiger partial charge in [0.2, 0.25) is 5.78 Å². The molecule has 5 rings (SSSR count). The molecule has 1 amide bonds. The molecule has 0 unspecified atom stereocenters. The van der Waals surface area contributed by atoms with Gasteiger partial charge in [-0.25, -0.2) is 0 Å². The Bertz CT molecular complexity index is 1370. The lowest BCUT2D eigenvalue weighted by atomic mass is 9.57. The molecule has 1 aromatic carbocycles. The number of aryl methyl sites for hydroxylation is 1. The van der Waals surface area contributed by atoms with Gasteiger partial charge in [0.1, 0.15) is 22.8 Å². The van der Waals surface area contributed by atoms with Crippen LogP contribution in [0.25, 0.3) is 17.1 Å². The first-order chi connectivity index (χ1) is 16.0. The normalized spacial score (nSPS) is 28.5. The van der Waals surface area contributed by atoms with E-state index in [-0.39, 0.29) is 29.7 Å². The number of hydrogen-bond acceptors (Lipinski definition) is 10. The van der Waals surface area contributed by atoms with Crippen LogP contribution in [0.4, 0.5) is 0 Å². The van der Waals surface area contributed by atoms with E-state index in [0.29, 0.717) is 22.6 Å². The van der Waals surface area contributed by atoms with Gasteiger partial charge in [0.25, 0.3) is 5.91 Å². The molecule has 1 saturated carbocycles. The summed E-state index contributed by atoms with van der Waals surface area (Å²) in [4.78, 5) is 37.9. The number of Topliss-reactive ketones (excluding diaryl/α,β-unsaturated/α-hetero) is 2. The number of amides is 1. The number of nitrogens with two attached hydrogens (primary N) is 2. The molecular formula is C23H21N3O8. The Kier molecular flexibility index (Phi) is 4.51. The SMILES string of the molecule is Cc1cc(-c2ccc(O)c3c2C[C@H]2C[C@H]4[C@@H](N)C(=O)C(C(N)=O)=C(O)[C@@]4(O)C(=O)C2=C3O)on1. The Morgan fingerprint density at radius 1 is 1.24 bits per heavy atom. The molecule has 0 saturated heterocycles. The quantitative estimate of drug-likeness (QED) is 0.333. The number of hydrogen-bond donors (Lipinski definition) is 6. The number of ketones is 2. The molecule has 0 aliphatic heterocycles. The number of nitrogens with zero attached hydrogens (tertiary/aromatic N) is 1. The second kappa shape index (κ2) is 7.02. The lowest BCUT2D eigenvalue weighted by Crippen LogP contribution is -2.65. The monoisotopic (exact) mass is 467 g/mol. The molecular weight excluding hydrogens is 446 g/mol. The molecule has 8 N–H and O–H groups in total. The van der Waals surface area contributed by atoms with Crippen molar-refractivity contribution in [3.05, 3.63) is 51.9 Å². The summed E-state index contributed by atoms with van der Waals surface area (Å²) in [6.45, 7) is 1.73. The summed E-state index contributed by atoms with van der Waals surface area (Å²) in [7, 11) is 0. The number of carbonyl (C=O) groups excluding carboxylic acids is 3. The smallest absolute Gasteiger partial charge is 0.255 e. The Balaban J connectivity index is 1.73. The number of aliphatic hydroxyl groups is 3. The van der Waals surface area contributed by atoms with Crippen LogP contribution in [0.2, 0.25) is 0 Å². The first-order valence-corrected chi connectivity index (χ1v) is 10.5. The Labute approximate surface area is 192 Å². The summed E-state index contributed by atoms with van der Waals surface area (Å²) < 4.78 is 5.35. The fourth-order valence-electron chi connectivity index (χ4n) is 5.44. The number of primary amides is 1. The van der Waals surface area contributed by atoms with E-state index in [1.807, 2.05) is 0 Å². The van der Waals surface area contributed by atoms with Gasteiger partial charge in [0, 0.05) is 23.1 Å². The van der Waals surface area contributed by atoms with Crippen molar-refractivity contribution in [2.24, 2.45) is 23.3 Å². The number of rotatable bonds is 2. The number of fused-ring (bicyclic) bond motifs is 3. The number of aliphatic hydroxyl groups excluding tert-OH is 2. The first-order valence-electron chi connectivity index (χ1n) is 10.5. The van der Waals surface area contributed by atoms with Crippen LogP contribution in [0, 0.1) is 18.8 Å². The van der Waals surface area contributed by atoms with Gasteiger partial charge in [-0.1, -0.05) is 5.16 Å². The molecule has 1 fully saturated rings. The van der Waals surface area contributed by atoms with Crippen LogP contribution in [0.3, 0.4) is 0 Å². The predicted molar refractivity (Wildman–Crippen MR) is 115 cm³/mol. The van der Waals surface area contributed by atoms with E-state index in [1.54, 1.807) is 19.1 Å². The molecule has 2 aromatic rings. The summed E-state index contributed by atoms with van der Waals surface area (Å²) in [5.74, 6) is -7.10. The van der Waals surface area contributed by atoms with E-state index in [0.717, 1.165) is 0 Å². The number of aromatic hydroxyl groups is 1. The van der Waals surface area contributed by atoms with Crippen LogP contribution in [-0.2, 0) is 20.8 Å². The fourth-order valence-corrected chi connectivity index (χ4v) is 5.44. The molecule has 0 radical (unpaired) electrons. The van der Waals surface area contributed by atoms with Crippen molar-refractivity contribution < 1.29 is 39.3 Å². The van der Waals surface area contributed by atoms with Crippen molar-refractivity contribution in [2.75, 3.05) is 0 Å². The van der Waals surface area contributed by atoms with Gasteiger partial charge in [-0.15, -0.1) is 0 Å². The summed E-state index contributed by atoms with van der Waals surface area (Å²) in [5.41, 5.74) is 8.89. The lowest BCUT2D eigenvalue weighted by Gasteiger charge is -2.48. The average molecular weight is 467 g/mol. The van der Waals surface area contributed by atoms with Gasteiger partial charge in [0.15, 0.2) is 17.1 Å². The third-order valence-electron chi connectivity index (χ3n) is 7.03. The topological polar surface area (TPSA) is 210 Å². The molecule has 3 aliphatic carbocycles. The Morgan fingerprint density at radius 3 is 2.56 bits per heavy atom. The van der Waals surface area contributed by atoms with Gasteiger partial charge < -0.3 is 36.4 Å². The van der Waals surface area contributed by atoms with Gasteiger partial charge in [-0.2, -0.15) is 0 Å². The third-order valence-corrected chi connectivity index (χ3v) is 7.03. The van der Waals surface area contributed by atoms with Gasteiger partial charge in [-0.05, 0) is 43.4 Å². The molecule has 4 atom stereocenters. The van der Waals surface area contributed by atoms with E-state index < -0.39 is 58.0 Å². The zero-order chi connectivity index (χ0) is 24.7. The highest BCUT2D eigenvalue weighted by molar-refractivity contribution is 6.24. The second-order valence-corrected chi connectivity index (χ2v) is 8.90. The Hall–Kier alpha value is -3.96. The number of carbonyl (C=O) groups is 3. The highest BCUT2D eigenvalue weighted by atomic mass is 16.5. The van der Waals surface area contributed by atoms with Crippen molar-refractivity contribution in [3.8, 4) is 17.1 Å². The maximum atomic E-state index is 13.5. The van der Waals surface area contributed by atoms with Gasteiger partial charge >= 0.3 is 0 Å². The number of phenols is 1. The largest absolute Gasteiger partial charge is 0.508 e. The molecule has 1 heterocycles. The minimum Gasteiger partial charge on any atom is -0.508 e. The molecule has 11 heteroatoms. The van der Waals surface area contributed by atoms with Crippen LogP contribution in [-0.4, -0.2) is 54.7 Å². The standard InChI is InChI=1S/C23H21N3O8/c1-7-4-13(34-26-7)9-2-3-12(27)15-10(9)5-8-6-11-17(24)19(29)16(22(25)32)21(31)23(11,33)20(30)14(8)18(15)28/h2-4,8,11,17,27-28,31,33H,5-6,24H2,1H3,(H2,25,32)/t8-,11-,17+,23-/m0/s1. The van der Waals surface area contributed by atoms with Crippen LogP contribution >= 0.6 is 0 Å². The molecule has 1 aromatic heterocycles. The van der Waals surface area contributed by atoms with Crippen LogP contribution in [0.15, 0.2) is 39.6 Å². The van der Waals surface area contributed by atoms with E-state index in [9.17, 15) is 34.8 Å². The van der Waals surface area contributed by atoms with Crippen molar-refractivity contribution >= 4 is 23.2 Å². The highest BCUT2D eigenvalue weighted by Crippen LogP contribution is 2.52. The molecule has 34 heavy (non-hydrogen) atoms. The number of phenolic OH excluding ortho intramolecular Hbond substituents is 1. The second-order valence-electron chi connectivity index (χ2n) is 8.90. The maximum absolute atomic E-state index is 13.5. The van der Waals surface area contributed by atoms with Crippen molar-refractivity contribution in [3.63, 3.8) is 0 Å². The van der Waals surface area contributed by atoms with Gasteiger partial charge in [0.05, 0.1) is 17.3 Å². The van der Waals surface area contributed by atoms with Crippen LogP contribution < -0.4 is 11.5 Å². The van der Waals surface area contributed by atoms with E-state index in [4.69, 9.17) is 16.0 Å². The summed E-state index contributed by atoms with van der Waals surface area (Å²) >= 11 is 0. The lowest BCUT2D eigenvalue weighted by molar-refractivity contribution is -0.149.